The molecule has 0 N–H and O–H groups in total. The third-order valence-corrected chi connectivity index (χ3v) is 5.28. The van der Waals surface area contributed by atoms with E-state index in [-0.39, 0.29) is 35.8 Å². The van der Waals surface area contributed by atoms with Gasteiger partial charge in [-0.15, -0.1) is 6.58 Å². The van der Waals surface area contributed by atoms with Gasteiger partial charge in [-0.1, -0.05) is 18.9 Å². The maximum absolute atomic E-state index is 12.3. The number of ether oxygens (including phenoxy) is 2. The van der Waals surface area contributed by atoms with Crippen LogP contribution >= 0.6 is 0 Å². The largest absolute Gasteiger partial charge is 0.469 e. The fourth-order valence-electron chi connectivity index (χ4n) is 3.72. The number of hydrogen-bond donors (Lipinski definition) is 0. The second kappa shape index (κ2) is 7.30. The van der Waals surface area contributed by atoms with Crippen LogP contribution in [0.15, 0.2) is 12.7 Å². The summed E-state index contributed by atoms with van der Waals surface area (Å²) in [7, 11) is 1.39. The number of methoxy groups -OCH3 is 1. The highest BCUT2D eigenvalue weighted by molar-refractivity contribution is 5.80. The van der Waals surface area contributed by atoms with Crippen molar-refractivity contribution in [2.24, 2.45) is 17.8 Å². The Labute approximate surface area is 133 Å². The highest BCUT2D eigenvalue weighted by Gasteiger charge is 2.53. The van der Waals surface area contributed by atoms with Crippen molar-refractivity contribution in [3.63, 3.8) is 0 Å². The van der Waals surface area contributed by atoms with Gasteiger partial charge in [-0.3, -0.25) is 9.59 Å². The molecule has 4 heteroatoms. The lowest BCUT2D eigenvalue weighted by atomic mass is 9.88. The van der Waals surface area contributed by atoms with Gasteiger partial charge < -0.3 is 9.47 Å². The van der Waals surface area contributed by atoms with Gasteiger partial charge in [0.25, 0.3) is 0 Å². The molecule has 0 heterocycles. The van der Waals surface area contributed by atoms with Crippen molar-refractivity contribution in [2.75, 3.05) is 7.11 Å². The Bertz CT molecular complexity index is 425. The van der Waals surface area contributed by atoms with Crippen molar-refractivity contribution < 1.29 is 19.1 Å². The first-order chi connectivity index (χ1) is 10.5. The van der Waals surface area contributed by atoms with Crippen LogP contribution in [0.1, 0.15) is 58.3 Å². The lowest BCUT2D eigenvalue weighted by Crippen LogP contribution is -2.29. The SMILES string of the molecule is C=CCC[C@H]1C[C@]1(C)OC(=O)C[C@H](C(=O)OC)C1CCCC1. The van der Waals surface area contributed by atoms with E-state index in [1.807, 2.05) is 13.0 Å². The second-order valence-corrected chi connectivity index (χ2v) is 6.93. The molecule has 2 fully saturated rings. The van der Waals surface area contributed by atoms with E-state index in [1.54, 1.807) is 0 Å². The number of allylic oxidation sites excluding steroid dienone is 1. The maximum atomic E-state index is 12.3. The van der Waals surface area contributed by atoms with Crippen LogP contribution in [0.3, 0.4) is 0 Å². The molecule has 2 aliphatic carbocycles. The number of hydrogen-bond acceptors (Lipinski definition) is 4. The third-order valence-electron chi connectivity index (χ3n) is 5.28. The van der Waals surface area contributed by atoms with E-state index in [1.165, 1.54) is 7.11 Å². The number of carbonyl (C=O) groups excluding carboxylic acids is 2. The summed E-state index contributed by atoms with van der Waals surface area (Å²) in [5.74, 6) is -0.172. The van der Waals surface area contributed by atoms with E-state index in [0.29, 0.717) is 5.92 Å². The topological polar surface area (TPSA) is 52.6 Å². The van der Waals surface area contributed by atoms with Crippen LogP contribution in [0.25, 0.3) is 0 Å². The molecule has 22 heavy (non-hydrogen) atoms. The predicted octanol–water partition coefficient (Wildman–Crippen LogP) is 3.64. The molecule has 3 atom stereocenters. The van der Waals surface area contributed by atoms with Crippen LogP contribution in [0.2, 0.25) is 0 Å². The Hall–Kier alpha value is -1.32. The molecule has 0 amide bonds. The molecule has 2 rings (SSSR count). The van der Waals surface area contributed by atoms with E-state index in [0.717, 1.165) is 44.9 Å². The zero-order valence-electron chi connectivity index (χ0n) is 13.8. The first-order valence-electron chi connectivity index (χ1n) is 8.40. The molecule has 0 spiro atoms. The molecule has 0 aromatic carbocycles. The van der Waals surface area contributed by atoms with Gasteiger partial charge in [0.1, 0.15) is 5.60 Å². The summed E-state index contributed by atoms with van der Waals surface area (Å²) in [5, 5.41) is 0. The van der Waals surface area contributed by atoms with E-state index < -0.39 is 0 Å². The summed E-state index contributed by atoms with van der Waals surface area (Å²) in [4.78, 5) is 24.2. The molecule has 4 nitrogen and oxygen atoms in total. The molecule has 0 saturated heterocycles. The van der Waals surface area contributed by atoms with Crippen molar-refractivity contribution >= 4 is 11.9 Å². The zero-order valence-corrected chi connectivity index (χ0v) is 13.8. The summed E-state index contributed by atoms with van der Waals surface area (Å²) in [6.07, 6.45) is 9.20. The van der Waals surface area contributed by atoms with Gasteiger partial charge in [-0.2, -0.15) is 0 Å². The number of esters is 2. The van der Waals surface area contributed by atoms with E-state index in [2.05, 4.69) is 6.58 Å². The minimum absolute atomic E-state index is 0.154. The van der Waals surface area contributed by atoms with Gasteiger partial charge in [-0.05, 0) is 44.9 Å². The van der Waals surface area contributed by atoms with Crippen molar-refractivity contribution in [1.29, 1.82) is 0 Å². The second-order valence-electron chi connectivity index (χ2n) is 6.93. The lowest BCUT2D eigenvalue weighted by Gasteiger charge is -2.21. The van der Waals surface area contributed by atoms with Crippen LogP contribution < -0.4 is 0 Å². The van der Waals surface area contributed by atoms with Gasteiger partial charge in [0, 0.05) is 5.92 Å². The molecular formula is C18H28O4. The van der Waals surface area contributed by atoms with Crippen LogP contribution in [0, 0.1) is 17.8 Å². The van der Waals surface area contributed by atoms with E-state index in [4.69, 9.17) is 9.47 Å². The third kappa shape index (κ3) is 4.11. The predicted molar refractivity (Wildman–Crippen MR) is 84.1 cm³/mol. The minimum Gasteiger partial charge on any atom is -0.469 e. The Morgan fingerprint density at radius 2 is 2.05 bits per heavy atom. The summed E-state index contributed by atoms with van der Waals surface area (Å²) >= 11 is 0. The zero-order chi connectivity index (χ0) is 16.2. The lowest BCUT2D eigenvalue weighted by molar-refractivity contribution is -0.159. The van der Waals surface area contributed by atoms with Gasteiger partial charge in [0.05, 0.1) is 19.4 Å². The average Bonchev–Trinajstić information content (AvgIpc) is 2.92. The molecule has 0 radical (unpaired) electrons. The average molecular weight is 308 g/mol. The Morgan fingerprint density at radius 3 is 2.64 bits per heavy atom. The number of rotatable bonds is 8. The van der Waals surface area contributed by atoms with Gasteiger partial charge in [0.2, 0.25) is 0 Å². The quantitative estimate of drug-likeness (QED) is 0.507. The fraction of sp³-hybridized carbons (Fsp3) is 0.778. The van der Waals surface area contributed by atoms with E-state index in [9.17, 15) is 9.59 Å². The van der Waals surface area contributed by atoms with Crippen LogP contribution in [0.4, 0.5) is 0 Å². The molecule has 0 aliphatic heterocycles. The minimum atomic E-state index is -0.339. The van der Waals surface area contributed by atoms with Gasteiger partial charge >= 0.3 is 11.9 Å². The smallest absolute Gasteiger partial charge is 0.309 e. The normalized spacial score (nSPS) is 28.9. The molecule has 0 unspecified atom stereocenters. The summed E-state index contributed by atoms with van der Waals surface area (Å²) < 4.78 is 10.6. The molecule has 2 aliphatic rings. The Morgan fingerprint density at radius 1 is 1.36 bits per heavy atom. The standard InChI is InChI=1S/C18H28O4/c1-4-5-10-14-12-18(14,2)22-16(19)11-15(17(20)21-3)13-8-6-7-9-13/h4,13-15H,1,5-12H2,2-3H3/t14-,15-,18-/m0/s1. The van der Waals surface area contributed by atoms with Crippen molar-refractivity contribution in [2.45, 2.75) is 63.9 Å². The molecule has 0 aromatic rings. The summed E-state index contributed by atoms with van der Waals surface area (Å²) in [6.45, 7) is 5.71. The maximum Gasteiger partial charge on any atom is 0.309 e. The molecule has 0 bridgehead atoms. The molecule has 124 valence electrons. The van der Waals surface area contributed by atoms with Crippen molar-refractivity contribution in [3.05, 3.63) is 12.7 Å². The molecule has 2 saturated carbocycles. The van der Waals surface area contributed by atoms with E-state index >= 15 is 0 Å². The molecular weight excluding hydrogens is 280 g/mol. The number of carbonyl (C=O) groups is 2. The first kappa shape index (κ1) is 17.0. The highest BCUT2D eigenvalue weighted by atomic mass is 16.6. The van der Waals surface area contributed by atoms with Crippen molar-refractivity contribution in [3.8, 4) is 0 Å². The van der Waals surface area contributed by atoms with Crippen LogP contribution in [-0.4, -0.2) is 24.6 Å². The monoisotopic (exact) mass is 308 g/mol. The Kier molecular flexibility index (Phi) is 5.65. The van der Waals surface area contributed by atoms with Crippen LogP contribution in [-0.2, 0) is 19.1 Å². The summed E-state index contributed by atoms with van der Waals surface area (Å²) in [5.41, 5.74) is -0.337. The highest BCUT2D eigenvalue weighted by Crippen LogP contribution is 2.49. The first-order valence-corrected chi connectivity index (χ1v) is 8.40. The van der Waals surface area contributed by atoms with Gasteiger partial charge in [0.15, 0.2) is 0 Å². The fourth-order valence-corrected chi connectivity index (χ4v) is 3.72. The molecule has 0 aromatic heterocycles. The van der Waals surface area contributed by atoms with Crippen molar-refractivity contribution in [1.82, 2.24) is 0 Å². The Balaban J connectivity index is 1.86. The van der Waals surface area contributed by atoms with Crippen LogP contribution in [0.5, 0.6) is 0 Å². The van der Waals surface area contributed by atoms with Gasteiger partial charge in [-0.25, -0.2) is 0 Å². The summed E-state index contributed by atoms with van der Waals surface area (Å²) in [6, 6.07) is 0.